The van der Waals surface area contributed by atoms with Gasteiger partial charge in [0.2, 0.25) is 26.0 Å². The highest BCUT2D eigenvalue weighted by atomic mass is 32.2. The van der Waals surface area contributed by atoms with E-state index in [1.54, 1.807) is 24.4 Å². The Bertz CT molecular complexity index is 6040. The molecule has 10 N–H and O–H groups in total. The van der Waals surface area contributed by atoms with Crippen LogP contribution in [-0.4, -0.2) is 242 Å². The number of H-pyrrole nitrogens is 5. The molecule has 4 saturated heterocycles. The highest BCUT2D eigenvalue weighted by molar-refractivity contribution is 7.90. The van der Waals surface area contributed by atoms with Crippen LogP contribution in [0.2, 0.25) is 0 Å². The number of piperidine rings is 1. The first-order valence-corrected chi connectivity index (χ1v) is 48.9. The molecule has 2 amide bonds. The van der Waals surface area contributed by atoms with Crippen LogP contribution in [0.25, 0.3) is 54.5 Å². The zero-order chi connectivity index (χ0) is 88.4. The molecule has 10 heterocycles. The van der Waals surface area contributed by atoms with E-state index >= 15 is 0 Å². The van der Waals surface area contributed by atoms with E-state index in [1.807, 2.05) is 133 Å². The lowest BCUT2D eigenvalue weighted by atomic mass is 9.87. The number of rotatable bonds is 27. The molecule has 4 fully saturated rings. The van der Waals surface area contributed by atoms with Crippen molar-refractivity contribution in [2.45, 2.75) is 108 Å². The van der Waals surface area contributed by atoms with Gasteiger partial charge in [0.05, 0.1) is 36.0 Å². The number of hydrogen-bond donors (Lipinski definition) is 8. The highest BCUT2D eigenvalue weighted by Crippen LogP contribution is 2.36. The first kappa shape index (κ1) is 92.1. The second kappa shape index (κ2) is 42.6. The van der Waals surface area contributed by atoms with E-state index < -0.39 is 29.9 Å². The summed E-state index contributed by atoms with van der Waals surface area (Å²) < 4.78 is 87.4. The van der Waals surface area contributed by atoms with E-state index in [9.17, 15) is 34.8 Å². The van der Waals surface area contributed by atoms with Gasteiger partial charge < -0.3 is 70.4 Å². The average Bonchev–Trinajstić information content (AvgIpc) is 1.64. The fourth-order valence-corrected chi connectivity index (χ4v) is 20.6. The van der Waals surface area contributed by atoms with Crippen molar-refractivity contribution < 1.29 is 44.3 Å². The minimum atomic E-state index is -3.19. The van der Waals surface area contributed by atoms with Gasteiger partial charge in [0.15, 0.2) is 28.0 Å². The van der Waals surface area contributed by atoms with Crippen LogP contribution in [0.1, 0.15) is 124 Å². The molecule has 12 aromatic rings. The van der Waals surface area contributed by atoms with E-state index in [0.717, 1.165) is 206 Å². The number of carbonyl (C=O) groups is 2. The highest BCUT2D eigenvalue weighted by Gasteiger charge is 2.29. The number of sulfone groups is 1. The third-order valence-corrected chi connectivity index (χ3v) is 29.7. The summed E-state index contributed by atoms with van der Waals surface area (Å²) in [6, 6.07) is 43.1. The number of aromatic nitrogens is 6. The van der Waals surface area contributed by atoms with Gasteiger partial charge in [-0.3, -0.25) is 14.5 Å². The van der Waals surface area contributed by atoms with Gasteiger partial charge in [0.25, 0.3) is 5.91 Å². The first-order chi connectivity index (χ1) is 60.2. The van der Waals surface area contributed by atoms with Gasteiger partial charge in [-0.1, -0.05) is 32.0 Å². The normalized spacial score (nSPS) is 16.3. The number of primary amides is 1. The van der Waals surface area contributed by atoms with E-state index in [2.05, 4.69) is 118 Å². The number of nitrogens with zero attached hydrogens (tertiary/aromatic N) is 9. The van der Waals surface area contributed by atoms with E-state index in [4.69, 9.17) is 26.2 Å². The van der Waals surface area contributed by atoms with Crippen LogP contribution in [0.3, 0.4) is 0 Å². The number of likely N-dealkylation sites (tertiary alicyclic amines) is 1. The Morgan fingerprint density at radius 1 is 0.648 bits per heavy atom. The summed E-state index contributed by atoms with van der Waals surface area (Å²) in [4.78, 5) is 58.4. The number of nitriles is 1. The lowest BCUT2D eigenvalue weighted by Crippen LogP contribution is -2.50. The van der Waals surface area contributed by atoms with Gasteiger partial charge in [-0.25, -0.2) is 39.3 Å². The number of likely N-dealkylation sites (N-methyl/N-ethyl adjacent to an activating group) is 1. The van der Waals surface area contributed by atoms with Crippen LogP contribution < -0.4 is 35.5 Å². The Balaban J connectivity index is 0.000000136. The molecule has 5 aliphatic rings. The van der Waals surface area contributed by atoms with Crippen molar-refractivity contribution >= 4 is 108 Å². The van der Waals surface area contributed by atoms with Crippen LogP contribution in [-0.2, 0) is 84.7 Å². The largest absolute Gasteiger partial charge is 0.493 e. The van der Waals surface area contributed by atoms with Crippen molar-refractivity contribution in [2.75, 3.05) is 161 Å². The Morgan fingerprint density at radius 2 is 1.25 bits per heavy atom. The Labute approximate surface area is 735 Å². The Hall–Kier alpha value is -10.6. The fourth-order valence-electron chi connectivity index (χ4n) is 17.4. The number of aromatic amines is 5. The summed E-state index contributed by atoms with van der Waals surface area (Å²) in [7, 11) is 0.0611. The molecule has 6 aromatic carbocycles. The molecule has 0 saturated carbocycles. The zero-order valence-electron chi connectivity index (χ0n) is 73.3. The molecule has 0 unspecified atom stereocenters. The van der Waals surface area contributed by atoms with Gasteiger partial charge in [0, 0.05) is 180 Å². The summed E-state index contributed by atoms with van der Waals surface area (Å²) in [6.45, 7) is 16.9. The molecule has 1 aliphatic carbocycles. The maximum Gasteiger partial charge on any atom is 0.260 e. The average molecular weight is 1760 g/mol. The van der Waals surface area contributed by atoms with Gasteiger partial charge in [-0.2, -0.15) is 5.26 Å². The summed E-state index contributed by atoms with van der Waals surface area (Å²) in [5.41, 5.74) is 29.3. The van der Waals surface area contributed by atoms with Gasteiger partial charge in [-0.05, 0) is 297 Å². The number of ether oxygens (including phenoxy) is 2. The minimum absolute atomic E-state index is 0.00849. The number of pyridine rings is 1. The second-order valence-electron chi connectivity index (χ2n) is 33.8. The number of methoxy groups -OCH3 is 1. The number of benzene rings is 6. The molecule has 1 atom stereocenters. The van der Waals surface area contributed by atoms with Crippen molar-refractivity contribution in [3.05, 3.63) is 220 Å². The lowest BCUT2D eigenvalue weighted by Gasteiger charge is -2.36. The minimum Gasteiger partial charge on any atom is -0.493 e. The SMILES string of the molecule is CCS(=O)(=O)Cc1ccc2[nH]cc(CCCN3CCN(c4ncccc4OC)CC3)c2c1.CN(C)CCc1c[nH]c2ccc(CS(=O)(=O)N3CCCC3)cc12.CNS(=O)(=O)CCc1ccc2[nH]cc(C3CCN(C)CC3)c2c1.C[C@@H]1CCc2[nH]c3ccc(C(N)=O)cc3c2C1.N#Cc1ccc(N2CCN(C(=O)COc3ccc4[nH]cc(CCN)c4c3)CC2)cc1. The van der Waals surface area contributed by atoms with Crippen LogP contribution in [0.4, 0.5) is 11.5 Å². The third-order valence-electron chi connectivity index (χ3n) is 24.8. The molecule has 125 heavy (non-hydrogen) atoms. The van der Waals surface area contributed by atoms with Crippen LogP contribution in [0, 0.1) is 17.2 Å². The molecular formula is C95H123N17O10S3. The Kier molecular flexibility index (Phi) is 31.4. The predicted octanol–water partition coefficient (Wildman–Crippen LogP) is 12.2. The summed E-state index contributed by atoms with van der Waals surface area (Å²) in [5.74, 6) is 3.89. The fraction of sp³-hybridized carbons (Fsp3) is 0.432. The van der Waals surface area contributed by atoms with Crippen molar-refractivity contribution in [2.24, 2.45) is 17.4 Å². The molecule has 17 rings (SSSR count). The van der Waals surface area contributed by atoms with Gasteiger partial charge >= 0.3 is 0 Å². The van der Waals surface area contributed by atoms with Crippen molar-refractivity contribution in [1.29, 1.82) is 5.26 Å². The molecule has 6 aromatic heterocycles. The number of hydrogen-bond acceptors (Lipinski definition) is 18. The zero-order valence-corrected chi connectivity index (χ0v) is 75.7. The molecule has 0 radical (unpaired) electrons. The Morgan fingerprint density at radius 3 is 1.88 bits per heavy atom. The maximum absolute atomic E-state index is 12.6. The third kappa shape index (κ3) is 24.4. The topological polar surface area (TPSA) is 357 Å². The number of sulfonamides is 2. The number of anilines is 2. The van der Waals surface area contributed by atoms with Crippen molar-refractivity contribution in [1.82, 2.24) is 58.5 Å². The number of nitrogens with one attached hydrogen (secondary N) is 6. The smallest absolute Gasteiger partial charge is 0.260 e. The number of nitrogens with two attached hydrogens (primary N) is 2. The summed E-state index contributed by atoms with van der Waals surface area (Å²) in [6.07, 6.45) is 22.1. The number of carbonyl (C=O) groups excluding carboxylic acids is 2. The van der Waals surface area contributed by atoms with Crippen molar-refractivity contribution in [3.8, 4) is 17.6 Å². The number of amides is 2. The van der Waals surface area contributed by atoms with Gasteiger partial charge in [-0.15, -0.1) is 0 Å². The second-order valence-corrected chi connectivity index (χ2v) is 40.2. The molecule has 4 aliphatic heterocycles. The molecule has 27 nitrogen and oxygen atoms in total. The van der Waals surface area contributed by atoms with Crippen LogP contribution in [0.15, 0.2) is 158 Å². The van der Waals surface area contributed by atoms with E-state index in [-0.39, 0.29) is 41.4 Å². The predicted molar refractivity (Wildman–Crippen MR) is 502 cm³/mol. The van der Waals surface area contributed by atoms with Gasteiger partial charge in [0.1, 0.15) is 5.75 Å². The summed E-state index contributed by atoms with van der Waals surface area (Å²) in [5, 5.41) is 14.7. The lowest BCUT2D eigenvalue weighted by molar-refractivity contribution is -0.133. The number of piperazine rings is 2. The van der Waals surface area contributed by atoms with E-state index in [0.29, 0.717) is 61.9 Å². The van der Waals surface area contributed by atoms with Crippen LogP contribution in [0.5, 0.6) is 11.5 Å². The standard InChI is InChI=1S/C24H32N4O3S.C23H25N5O2.2C17H25N3O2S.C14H16N2O/c1-3-32(29,30)18-19-8-9-22-21(16-19)20(17-26-22)6-5-11-27-12-14-28(15-13-27)24-23(31-2)7-4-10-25-24;24-8-7-18-15-26-22-6-5-20(13-21(18)22)30-16-23(29)28-11-9-27(10-12-28)19-3-1-17(14-25)2-4-19;1-18-23(21,22)10-7-13-3-4-17-15(11-13)16(12-19-17)14-5-8-20(2)9-6-14;1-19(2)10-7-15-12-18-17-6-5-14(11-16(15)17)13-23(21,22)20-8-3-4-9-20;1-8-2-4-12-10(6-8)11-7-9(14(15)17)3-5-13(11)16-12/h4,7-10,16-17,26H,3,5-6,11-15,18H2,1-2H3;1-6,13,15,26H,7-12,16,24H2;3-4,11-12,14,18-19H,5-10H2,1-2H3;5-6,11-12,18H,3-4,7-10,13H2,1-2H3;3,5,7-8,16H,2,4,6H2,1H3,(H2,15,17)/t;;;;8-/m....1/s1. The van der Waals surface area contributed by atoms with Crippen LogP contribution >= 0.6 is 0 Å². The molecule has 666 valence electrons. The quantitative estimate of drug-likeness (QED) is 0.0237. The molecular weight excluding hydrogens is 1640 g/mol. The number of fused-ring (bicyclic) bond motifs is 7. The monoisotopic (exact) mass is 1760 g/mol. The summed E-state index contributed by atoms with van der Waals surface area (Å²) >= 11 is 0. The van der Waals surface area contributed by atoms with Crippen molar-refractivity contribution in [3.63, 3.8) is 0 Å². The van der Waals surface area contributed by atoms with E-state index in [1.165, 1.54) is 65.0 Å². The molecule has 0 spiro atoms. The number of aryl methyl sites for hydroxylation is 3. The molecule has 30 heteroatoms. The first-order valence-electron chi connectivity index (χ1n) is 43.8. The molecule has 0 bridgehead atoms. The maximum atomic E-state index is 12.6.